The zero-order valence-corrected chi connectivity index (χ0v) is 22.5. The number of imide groups is 1. The molecule has 0 aromatic heterocycles. The number of nitrogens with zero attached hydrogens (tertiary/aromatic N) is 2. The van der Waals surface area contributed by atoms with Gasteiger partial charge in [0.25, 0.3) is 5.91 Å². The van der Waals surface area contributed by atoms with Crippen LogP contribution in [0.15, 0.2) is 36.4 Å². The minimum atomic E-state index is -1.48. The maximum absolute atomic E-state index is 14.0. The summed E-state index contributed by atoms with van der Waals surface area (Å²) in [6, 6.07) is 9.02. The number of benzene rings is 2. The van der Waals surface area contributed by atoms with E-state index in [1.807, 2.05) is 20.8 Å². The summed E-state index contributed by atoms with van der Waals surface area (Å²) in [4.78, 5) is 54.6. The Morgan fingerprint density at radius 1 is 1.15 bits per heavy atom. The molecule has 2 aromatic carbocycles. The lowest BCUT2D eigenvalue weighted by Crippen LogP contribution is -2.46. The van der Waals surface area contributed by atoms with Gasteiger partial charge in [-0.15, -0.1) is 0 Å². The van der Waals surface area contributed by atoms with Crippen LogP contribution in [0.4, 0.5) is 19.7 Å². The first kappa shape index (κ1) is 26.6. The van der Waals surface area contributed by atoms with Crippen molar-refractivity contribution >= 4 is 29.6 Å². The highest BCUT2D eigenvalue weighted by molar-refractivity contribution is 6.06. The van der Waals surface area contributed by atoms with E-state index < -0.39 is 24.1 Å². The average Bonchev–Trinajstić information content (AvgIpc) is 3.53. The number of nitrogens with one attached hydrogen (secondary N) is 2. The van der Waals surface area contributed by atoms with Crippen molar-refractivity contribution in [1.29, 1.82) is 0 Å². The quantitative estimate of drug-likeness (QED) is 0.582. The molecule has 10 heteroatoms. The van der Waals surface area contributed by atoms with Crippen LogP contribution in [-0.4, -0.2) is 53.4 Å². The van der Waals surface area contributed by atoms with E-state index in [1.54, 1.807) is 29.2 Å². The van der Waals surface area contributed by atoms with Crippen molar-refractivity contribution in [3.63, 3.8) is 0 Å². The second-order valence-electron chi connectivity index (χ2n) is 10.8. The molecule has 1 unspecified atom stereocenters. The highest BCUT2D eigenvalue weighted by Crippen LogP contribution is 2.46. The van der Waals surface area contributed by atoms with E-state index >= 15 is 0 Å². The SMILES string of the molecule is CNC(=O)Nc1ccc2c(c1)CCC21OC(=O)N(CC(=O)N2[C@H](C)CC[C@H]2c2ccc(F)cc2C(C)C)C1=O. The molecule has 0 saturated carbocycles. The molecule has 1 spiro atoms. The molecule has 0 bridgehead atoms. The number of carbonyl (C=O) groups excluding carboxylic acids is 4. The molecule has 2 aromatic rings. The second kappa shape index (κ2) is 9.98. The first-order valence-electron chi connectivity index (χ1n) is 13.3. The zero-order valence-electron chi connectivity index (χ0n) is 22.5. The average molecular weight is 537 g/mol. The van der Waals surface area contributed by atoms with E-state index in [0.717, 1.165) is 28.0 Å². The summed E-state index contributed by atoms with van der Waals surface area (Å²) in [6.07, 6.45) is 1.36. The Balaban J connectivity index is 1.38. The molecule has 2 N–H and O–H groups in total. The van der Waals surface area contributed by atoms with E-state index in [4.69, 9.17) is 4.74 Å². The Bertz CT molecular complexity index is 1360. The molecule has 206 valence electrons. The lowest BCUT2D eigenvalue weighted by molar-refractivity contribution is -0.143. The van der Waals surface area contributed by atoms with Gasteiger partial charge in [-0.25, -0.2) is 18.9 Å². The summed E-state index contributed by atoms with van der Waals surface area (Å²) in [6.45, 7) is 5.49. The number of anilines is 1. The smallest absolute Gasteiger partial charge is 0.418 e. The van der Waals surface area contributed by atoms with E-state index in [-0.39, 0.29) is 42.2 Å². The molecule has 5 rings (SSSR count). The van der Waals surface area contributed by atoms with E-state index in [2.05, 4.69) is 10.6 Å². The maximum atomic E-state index is 14.0. The second-order valence-corrected chi connectivity index (χ2v) is 10.8. The number of urea groups is 1. The number of amides is 5. The van der Waals surface area contributed by atoms with Crippen LogP contribution in [0.3, 0.4) is 0 Å². The third kappa shape index (κ3) is 4.51. The monoisotopic (exact) mass is 536 g/mol. The number of ether oxygens (including phenoxy) is 1. The van der Waals surface area contributed by atoms with Crippen molar-refractivity contribution in [3.05, 3.63) is 64.5 Å². The van der Waals surface area contributed by atoms with Crippen LogP contribution >= 0.6 is 0 Å². The lowest BCUT2D eigenvalue weighted by atomic mass is 9.91. The number of fused-ring (bicyclic) bond motifs is 2. The minimum Gasteiger partial charge on any atom is -0.427 e. The van der Waals surface area contributed by atoms with Crippen LogP contribution in [0.2, 0.25) is 0 Å². The normalized spacial score (nSPS) is 23.9. The van der Waals surface area contributed by atoms with Gasteiger partial charge >= 0.3 is 12.1 Å². The first-order chi connectivity index (χ1) is 18.6. The van der Waals surface area contributed by atoms with E-state index in [1.165, 1.54) is 19.2 Å². The van der Waals surface area contributed by atoms with Crippen molar-refractivity contribution in [3.8, 4) is 0 Å². The van der Waals surface area contributed by atoms with Gasteiger partial charge in [0.05, 0.1) is 6.04 Å². The van der Waals surface area contributed by atoms with Gasteiger partial charge in [-0.3, -0.25) is 9.59 Å². The summed E-state index contributed by atoms with van der Waals surface area (Å²) >= 11 is 0. The molecule has 39 heavy (non-hydrogen) atoms. The minimum absolute atomic E-state index is 0.0630. The molecular weight excluding hydrogens is 503 g/mol. The third-order valence-electron chi connectivity index (χ3n) is 8.12. The van der Waals surface area contributed by atoms with Crippen molar-refractivity contribution in [1.82, 2.24) is 15.1 Å². The summed E-state index contributed by atoms with van der Waals surface area (Å²) in [5, 5.41) is 5.18. The van der Waals surface area contributed by atoms with E-state index in [9.17, 15) is 23.6 Å². The van der Waals surface area contributed by atoms with Gasteiger partial charge in [0.1, 0.15) is 12.4 Å². The fourth-order valence-electron chi connectivity index (χ4n) is 6.20. The molecule has 9 nitrogen and oxygen atoms in total. The Kier molecular flexibility index (Phi) is 6.82. The number of rotatable bonds is 5. The molecular formula is C29H33FN4O5. The largest absolute Gasteiger partial charge is 0.427 e. The molecule has 5 amide bonds. The number of carbonyl (C=O) groups is 4. The predicted octanol–water partition coefficient (Wildman–Crippen LogP) is 4.57. The molecule has 2 saturated heterocycles. The van der Waals surface area contributed by atoms with Crippen LogP contribution < -0.4 is 10.6 Å². The van der Waals surface area contributed by atoms with Gasteiger partial charge in [-0.1, -0.05) is 26.0 Å². The summed E-state index contributed by atoms with van der Waals surface area (Å²) < 4.78 is 19.7. The van der Waals surface area contributed by atoms with Crippen molar-refractivity contribution < 1.29 is 28.3 Å². The Hall–Kier alpha value is -3.95. The van der Waals surface area contributed by atoms with Gasteiger partial charge in [-0.2, -0.15) is 0 Å². The number of aryl methyl sites for hydroxylation is 1. The summed E-state index contributed by atoms with van der Waals surface area (Å²) in [5.41, 5.74) is 2.18. The Morgan fingerprint density at radius 2 is 1.92 bits per heavy atom. The number of hydrogen-bond acceptors (Lipinski definition) is 5. The fraction of sp³-hybridized carbons (Fsp3) is 0.448. The molecule has 3 aliphatic rings. The highest BCUT2D eigenvalue weighted by Gasteiger charge is 2.58. The molecule has 2 fully saturated rings. The van der Waals surface area contributed by atoms with Gasteiger partial charge in [0.15, 0.2) is 0 Å². The third-order valence-corrected chi connectivity index (χ3v) is 8.12. The topological polar surface area (TPSA) is 108 Å². The van der Waals surface area contributed by atoms with Gasteiger partial charge in [0.2, 0.25) is 11.5 Å². The molecule has 3 atom stereocenters. The van der Waals surface area contributed by atoms with Gasteiger partial charge < -0.3 is 20.3 Å². The maximum Gasteiger partial charge on any atom is 0.418 e. The summed E-state index contributed by atoms with van der Waals surface area (Å²) in [7, 11) is 1.51. The molecule has 2 heterocycles. The van der Waals surface area contributed by atoms with Crippen LogP contribution in [0.1, 0.15) is 74.2 Å². The Labute approximate surface area is 226 Å². The van der Waals surface area contributed by atoms with Crippen molar-refractivity contribution in [2.75, 3.05) is 18.9 Å². The predicted molar refractivity (Wildman–Crippen MR) is 141 cm³/mol. The van der Waals surface area contributed by atoms with Crippen LogP contribution in [0.25, 0.3) is 0 Å². The van der Waals surface area contributed by atoms with Crippen LogP contribution in [-0.2, 0) is 26.3 Å². The highest BCUT2D eigenvalue weighted by atomic mass is 19.1. The Morgan fingerprint density at radius 3 is 2.64 bits per heavy atom. The number of halogens is 1. The van der Waals surface area contributed by atoms with Crippen LogP contribution in [0.5, 0.6) is 0 Å². The lowest BCUT2D eigenvalue weighted by Gasteiger charge is -2.31. The first-order valence-corrected chi connectivity index (χ1v) is 13.3. The van der Waals surface area contributed by atoms with Crippen LogP contribution in [0, 0.1) is 5.82 Å². The molecule has 2 aliphatic heterocycles. The summed E-state index contributed by atoms with van der Waals surface area (Å²) in [5.74, 6) is -1.17. The number of hydrogen-bond donors (Lipinski definition) is 2. The van der Waals surface area contributed by atoms with Gasteiger partial charge in [-0.05, 0) is 73.1 Å². The van der Waals surface area contributed by atoms with Gasteiger partial charge in [0, 0.05) is 30.8 Å². The molecule has 0 radical (unpaired) electrons. The van der Waals surface area contributed by atoms with E-state index in [0.29, 0.717) is 24.1 Å². The van der Waals surface area contributed by atoms with Crippen molar-refractivity contribution in [2.45, 2.75) is 70.1 Å². The molecule has 1 aliphatic carbocycles. The van der Waals surface area contributed by atoms with Crippen molar-refractivity contribution in [2.24, 2.45) is 0 Å². The zero-order chi connectivity index (χ0) is 28.1. The fourth-order valence-corrected chi connectivity index (χ4v) is 6.20. The standard InChI is InChI=1S/C29H33FN4O5/c1-16(2)22-14-19(30)6-8-21(22)24-10-5-17(3)34(24)25(35)15-33-26(36)29(39-28(33)38)12-11-18-13-20(7-9-23(18)29)32-27(37)31-4/h6-9,13-14,16-17,24H,5,10-12,15H2,1-4H3,(H2,31,32,37)/t17-,24+,29?/m1/s1. The number of likely N-dealkylation sites (tertiary alicyclic amines) is 1.